The van der Waals surface area contributed by atoms with Gasteiger partial charge in [0.05, 0.1) is 0 Å². The summed E-state index contributed by atoms with van der Waals surface area (Å²) in [5, 5.41) is 3.09. The van der Waals surface area contributed by atoms with Crippen molar-refractivity contribution >= 4 is 5.91 Å². The Morgan fingerprint density at radius 1 is 1.22 bits per heavy atom. The number of nitrogens with one attached hydrogen (secondary N) is 1. The SMILES string of the molecule is CC(C)(C)NC(=O)C1CCN(Cc2ccc3c(c2)OCO3)CC1. The highest BCUT2D eigenvalue weighted by molar-refractivity contribution is 5.79. The van der Waals surface area contributed by atoms with Crippen molar-refractivity contribution in [2.45, 2.75) is 45.7 Å². The minimum absolute atomic E-state index is 0.141. The van der Waals surface area contributed by atoms with Crippen LogP contribution in [0.4, 0.5) is 0 Å². The number of hydrogen-bond donors (Lipinski definition) is 1. The Morgan fingerprint density at radius 3 is 2.61 bits per heavy atom. The predicted octanol–water partition coefficient (Wildman–Crippen LogP) is 2.54. The molecule has 0 aromatic heterocycles. The molecule has 0 atom stereocenters. The normalized spacial score (nSPS) is 18.9. The first-order valence-corrected chi connectivity index (χ1v) is 8.34. The summed E-state index contributed by atoms with van der Waals surface area (Å²) in [6.07, 6.45) is 1.85. The summed E-state index contributed by atoms with van der Waals surface area (Å²) >= 11 is 0. The van der Waals surface area contributed by atoms with Gasteiger partial charge in [0, 0.05) is 18.0 Å². The monoisotopic (exact) mass is 318 g/mol. The summed E-state index contributed by atoms with van der Waals surface area (Å²) in [6, 6.07) is 6.12. The molecule has 0 aliphatic carbocycles. The third kappa shape index (κ3) is 4.16. The van der Waals surface area contributed by atoms with Gasteiger partial charge < -0.3 is 14.8 Å². The van der Waals surface area contributed by atoms with Gasteiger partial charge in [0.1, 0.15) is 0 Å². The molecule has 0 spiro atoms. The summed E-state index contributed by atoms with van der Waals surface area (Å²) in [4.78, 5) is 14.6. The highest BCUT2D eigenvalue weighted by atomic mass is 16.7. The van der Waals surface area contributed by atoms with Gasteiger partial charge in [0.2, 0.25) is 12.7 Å². The standard InChI is InChI=1S/C18H26N2O3/c1-18(2,3)19-17(21)14-6-8-20(9-7-14)11-13-4-5-15-16(10-13)23-12-22-15/h4-5,10,14H,6-9,11-12H2,1-3H3,(H,19,21). The topological polar surface area (TPSA) is 50.8 Å². The number of likely N-dealkylation sites (tertiary alicyclic amines) is 1. The van der Waals surface area contributed by atoms with Crippen LogP contribution in [0, 0.1) is 5.92 Å². The number of piperidine rings is 1. The number of carbonyl (C=O) groups is 1. The zero-order valence-electron chi connectivity index (χ0n) is 14.2. The summed E-state index contributed by atoms with van der Waals surface area (Å²) < 4.78 is 10.8. The van der Waals surface area contributed by atoms with Crippen LogP contribution >= 0.6 is 0 Å². The maximum atomic E-state index is 12.2. The molecule has 1 aromatic carbocycles. The Hall–Kier alpha value is -1.75. The van der Waals surface area contributed by atoms with E-state index in [-0.39, 0.29) is 17.4 Å². The summed E-state index contributed by atoms with van der Waals surface area (Å²) in [5.74, 6) is 2.00. The molecule has 2 heterocycles. The second-order valence-corrected chi connectivity index (χ2v) is 7.48. The molecule has 5 heteroatoms. The van der Waals surface area contributed by atoms with Gasteiger partial charge in [-0.2, -0.15) is 0 Å². The van der Waals surface area contributed by atoms with Crippen molar-refractivity contribution in [3.05, 3.63) is 23.8 Å². The largest absolute Gasteiger partial charge is 0.454 e. The van der Waals surface area contributed by atoms with Crippen LogP contribution in [0.5, 0.6) is 11.5 Å². The molecule has 1 aromatic rings. The first-order valence-electron chi connectivity index (χ1n) is 8.34. The molecular weight excluding hydrogens is 292 g/mol. The number of benzene rings is 1. The van der Waals surface area contributed by atoms with E-state index in [1.807, 2.05) is 26.8 Å². The summed E-state index contributed by atoms with van der Waals surface area (Å²) in [7, 11) is 0. The minimum Gasteiger partial charge on any atom is -0.454 e. The van der Waals surface area contributed by atoms with Crippen molar-refractivity contribution in [2.75, 3.05) is 19.9 Å². The van der Waals surface area contributed by atoms with Crippen LogP contribution < -0.4 is 14.8 Å². The molecule has 5 nitrogen and oxygen atoms in total. The molecule has 1 fully saturated rings. The molecule has 1 amide bonds. The van der Waals surface area contributed by atoms with E-state index in [0.717, 1.165) is 44.0 Å². The lowest BCUT2D eigenvalue weighted by Crippen LogP contribution is -2.46. The minimum atomic E-state index is -0.152. The van der Waals surface area contributed by atoms with Crippen molar-refractivity contribution in [3.8, 4) is 11.5 Å². The van der Waals surface area contributed by atoms with Gasteiger partial charge in [-0.25, -0.2) is 0 Å². The highest BCUT2D eigenvalue weighted by Gasteiger charge is 2.27. The van der Waals surface area contributed by atoms with Crippen LogP contribution in [0.15, 0.2) is 18.2 Å². The molecule has 1 saturated heterocycles. The second kappa shape index (κ2) is 6.40. The number of rotatable bonds is 3. The third-order valence-corrected chi connectivity index (χ3v) is 4.30. The van der Waals surface area contributed by atoms with Crippen LogP contribution in [0.3, 0.4) is 0 Å². The molecule has 0 saturated carbocycles. The molecule has 126 valence electrons. The Bertz CT molecular complexity index is 572. The summed E-state index contributed by atoms with van der Waals surface area (Å²) in [6.45, 7) is 9.20. The first kappa shape index (κ1) is 16.1. The van der Waals surface area contributed by atoms with Crippen molar-refractivity contribution in [1.29, 1.82) is 0 Å². The molecule has 2 aliphatic heterocycles. The zero-order chi connectivity index (χ0) is 16.4. The lowest BCUT2D eigenvalue weighted by Gasteiger charge is -2.33. The van der Waals surface area contributed by atoms with E-state index in [0.29, 0.717) is 6.79 Å². The molecule has 0 unspecified atom stereocenters. The molecule has 3 rings (SSSR count). The van der Waals surface area contributed by atoms with E-state index in [4.69, 9.17) is 9.47 Å². The number of nitrogens with zero attached hydrogens (tertiary/aromatic N) is 1. The number of fused-ring (bicyclic) bond motifs is 1. The van der Waals surface area contributed by atoms with Gasteiger partial charge in [0.15, 0.2) is 11.5 Å². The quantitative estimate of drug-likeness (QED) is 0.930. The van der Waals surface area contributed by atoms with Gasteiger partial charge in [-0.05, 0) is 64.4 Å². The van der Waals surface area contributed by atoms with E-state index < -0.39 is 0 Å². The highest BCUT2D eigenvalue weighted by Crippen LogP contribution is 2.33. The fraction of sp³-hybridized carbons (Fsp3) is 0.611. The smallest absolute Gasteiger partial charge is 0.231 e. The van der Waals surface area contributed by atoms with Crippen molar-refractivity contribution in [2.24, 2.45) is 5.92 Å². The number of carbonyl (C=O) groups excluding carboxylic acids is 1. The van der Waals surface area contributed by atoms with Crippen molar-refractivity contribution in [1.82, 2.24) is 10.2 Å². The molecule has 0 radical (unpaired) electrons. The maximum absolute atomic E-state index is 12.2. The molecule has 23 heavy (non-hydrogen) atoms. The van der Waals surface area contributed by atoms with E-state index in [9.17, 15) is 4.79 Å². The second-order valence-electron chi connectivity index (χ2n) is 7.48. The van der Waals surface area contributed by atoms with E-state index in [2.05, 4.69) is 22.3 Å². The summed E-state index contributed by atoms with van der Waals surface area (Å²) in [5.41, 5.74) is 1.08. The van der Waals surface area contributed by atoms with Gasteiger partial charge >= 0.3 is 0 Å². The van der Waals surface area contributed by atoms with E-state index in [1.54, 1.807) is 0 Å². The van der Waals surface area contributed by atoms with Gasteiger partial charge in [-0.3, -0.25) is 9.69 Å². The Balaban J connectivity index is 1.50. The Kier molecular flexibility index (Phi) is 4.48. The van der Waals surface area contributed by atoms with Gasteiger partial charge in [-0.1, -0.05) is 6.07 Å². The predicted molar refractivity (Wildman–Crippen MR) is 88.5 cm³/mol. The number of hydrogen-bond acceptors (Lipinski definition) is 4. The van der Waals surface area contributed by atoms with Crippen LogP contribution in [0.1, 0.15) is 39.2 Å². The molecular formula is C18H26N2O3. The average molecular weight is 318 g/mol. The van der Waals surface area contributed by atoms with Gasteiger partial charge in [0.25, 0.3) is 0 Å². The Labute approximate surface area is 137 Å². The maximum Gasteiger partial charge on any atom is 0.231 e. The Morgan fingerprint density at radius 2 is 1.91 bits per heavy atom. The van der Waals surface area contributed by atoms with Crippen LogP contribution in [0.2, 0.25) is 0 Å². The fourth-order valence-electron chi connectivity index (χ4n) is 3.12. The number of amides is 1. The molecule has 1 N–H and O–H groups in total. The fourth-order valence-corrected chi connectivity index (χ4v) is 3.12. The molecule has 2 aliphatic rings. The van der Waals surface area contributed by atoms with E-state index in [1.165, 1.54) is 5.56 Å². The zero-order valence-corrected chi connectivity index (χ0v) is 14.2. The van der Waals surface area contributed by atoms with Gasteiger partial charge in [-0.15, -0.1) is 0 Å². The lowest BCUT2D eigenvalue weighted by atomic mass is 9.94. The van der Waals surface area contributed by atoms with Crippen LogP contribution in [-0.2, 0) is 11.3 Å². The van der Waals surface area contributed by atoms with Crippen LogP contribution in [-0.4, -0.2) is 36.2 Å². The van der Waals surface area contributed by atoms with Crippen molar-refractivity contribution < 1.29 is 14.3 Å². The average Bonchev–Trinajstić information content (AvgIpc) is 2.94. The van der Waals surface area contributed by atoms with Crippen LogP contribution in [0.25, 0.3) is 0 Å². The van der Waals surface area contributed by atoms with E-state index >= 15 is 0 Å². The lowest BCUT2D eigenvalue weighted by molar-refractivity contribution is -0.127. The first-order chi connectivity index (χ1) is 10.9. The molecule has 0 bridgehead atoms. The third-order valence-electron chi connectivity index (χ3n) is 4.30. The van der Waals surface area contributed by atoms with Crippen molar-refractivity contribution in [3.63, 3.8) is 0 Å². The number of ether oxygens (including phenoxy) is 2.